The third-order valence-corrected chi connectivity index (χ3v) is 1.80. The quantitative estimate of drug-likeness (QED) is 0.623. The van der Waals surface area contributed by atoms with Gasteiger partial charge in [0.1, 0.15) is 5.82 Å². The largest absolute Gasteiger partial charge is 0.405 e. The monoisotopic (exact) mass is 165 g/mol. The van der Waals surface area contributed by atoms with E-state index in [0.717, 1.165) is 11.3 Å². The molecule has 0 saturated carbocycles. The van der Waals surface area contributed by atoms with Gasteiger partial charge in [-0.25, -0.2) is 0 Å². The minimum absolute atomic E-state index is 0.465. The first kappa shape index (κ1) is 8.71. The van der Waals surface area contributed by atoms with Crippen LogP contribution in [0.2, 0.25) is 0 Å². The summed E-state index contributed by atoms with van der Waals surface area (Å²) < 4.78 is 0. The summed E-state index contributed by atoms with van der Waals surface area (Å²) in [6, 6.07) is 2.02. The van der Waals surface area contributed by atoms with Crippen LogP contribution in [-0.2, 0) is 0 Å². The lowest BCUT2D eigenvalue weighted by atomic mass is 10.1. The number of aromatic nitrogens is 1. The fraction of sp³-hybridized carbons (Fsp3) is 0.333. The fourth-order valence-corrected chi connectivity index (χ4v) is 1.06. The third-order valence-electron chi connectivity index (χ3n) is 1.80. The van der Waals surface area contributed by atoms with Crippen LogP contribution >= 0.6 is 0 Å². The van der Waals surface area contributed by atoms with Gasteiger partial charge in [-0.2, -0.15) is 0 Å². The first-order valence-electron chi connectivity index (χ1n) is 4.01. The Hall–Kier alpha value is -1.38. The molecule has 3 heteroatoms. The van der Waals surface area contributed by atoms with E-state index in [4.69, 9.17) is 11.5 Å². The molecule has 0 amide bonds. The number of nitrogens with one attached hydrogen (secondary N) is 1. The predicted octanol–water partition coefficient (Wildman–Crippen LogP) is 1.65. The minimum Gasteiger partial charge on any atom is -0.405 e. The van der Waals surface area contributed by atoms with Crippen molar-refractivity contribution in [1.82, 2.24) is 4.98 Å². The molecule has 1 rings (SSSR count). The van der Waals surface area contributed by atoms with Gasteiger partial charge in [0.2, 0.25) is 0 Å². The third kappa shape index (κ3) is 1.61. The predicted molar refractivity (Wildman–Crippen MR) is 52.5 cm³/mol. The summed E-state index contributed by atoms with van der Waals surface area (Å²) in [5.41, 5.74) is 13.1. The average molecular weight is 165 g/mol. The molecule has 66 valence electrons. The average Bonchev–Trinajstić information content (AvgIpc) is 2.34. The molecule has 0 radical (unpaired) electrons. The summed E-state index contributed by atoms with van der Waals surface area (Å²) >= 11 is 0. The first-order chi connectivity index (χ1) is 5.65. The van der Waals surface area contributed by atoms with Crippen molar-refractivity contribution in [2.24, 2.45) is 5.73 Å². The Morgan fingerprint density at radius 3 is 2.58 bits per heavy atom. The molecule has 0 aromatic carbocycles. The zero-order valence-electron chi connectivity index (χ0n) is 7.46. The maximum atomic E-state index is 5.70. The van der Waals surface area contributed by atoms with E-state index in [1.807, 2.05) is 6.07 Å². The lowest BCUT2D eigenvalue weighted by Crippen LogP contribution is -1.89. The Kier molecular flexibility index (Phi) is 2.43. The summed E-state index contributed by atoms with van der Waals surface area (Å²) in [6.07, 6.45) is 3.28. The van der Waals surface area contributed by atoms with Crippen LogP contribution in [-0.4, -0.2) is 4.98 Å². The van der Waals surface area contributed by atoms with Crippen molar-refractivity contribution in [3.05, 3.63) is 23.5 Å². The lowest BCUT2D eigenvalue weighted by Gasteiger charge is -1.97. The van der Waals surface area contributed by atoms with Crippen LogP contribution in [0.25, 0.3) is 6.08 Å². The topological polar surface area (TPSA) is 67.8 Å². The second-order valence-corrected chi connectivity index (χ2v) is 3.11. The van der Waals surface area contributed by atoms with Gasteiger partial charge in [0.25, 0.3) is 0 Å². The molecule has 1 aromatic heterocycles. The van der Waals surface area contributed by atoms with Crippen LogP contribution in [0, 0.1) is 0 Å². The smallest absolute Gasteiger partial charge is 0.108 e. The maximum Gasteiger partial charge on any atom is 0.108 e. The number of aromatic amines is 1. The van der Waals surface area contributed by atoms with Gasteiger partial charge < -0.3 is 16.5 Å². The van der Waals surface area contributed by atoms with Crippen molar-refractivity contribution < 1.29 is 0 Å². The molecular formula is C9H15N3. The molecule has 0 aliphatic rings. The summed E-state index contributed by atoms with van der Waals surface area (Å²) in [6.45, 7) is 4.22. The van der Waals surface area contributed by atoms with Gasteiger partial charge in [-0.05, 0) is 24.3 Å². The van der Waals surface area contributed by atoms with E-state index in [9.17, 15) is 0 Å². The highest BCUT2D eigenvalue weighted by Gasteiger charge is 2.04. The molecule has 0 aliphatic heterocycles. The molecule has 1 aromatic rings. The van der Waals surface area contributed by atoms with Gasteiger partial charge >= 0.3 is 0 Å². The molecule has 5 N–H and O–H groups in total. The van der Waals surface area contributed by atoms with E-state index >= 15 is 0 Å². The van der Waals surface area contributed by atoms with Crippen LogP contribution in [0.3, 0.4) is 0 Å². The van der Waals surface area contributed by atoms with Crippen LogP contribution in [0.4, 0.5) is 5.82 Å². The summed E-state index contributed by atoms with van der Waals surface area (Å²) in [7, 11) is 0. The Morgan fingerprint density at radius 1 is 1.50 bits per heavy atom. The molecule has 3 nitrogen and oxygen atoms in total. The summed E-state index contributed by atoms with van der Waals surface area (Å²) in [5, 5.41) is 0. The number of hydrogen-bond donors (Lipinski definition) is 3. The summed E-state index contributed by atoms with van der Waals surface area (Å²) in [4.78, 5) is 3.10. The van der Waals surface area contributed by atoms with Crippen LogP contribution in [0.15, 0.2) is 12.3 Å². The molecule has 0 bridgehead atoms. The number of H-pyrrole nitrogens is 1. The molecule has 12 heavy (non-hydrogen) atoms. The maximum absolute atomic E-state index is 5.70. The number of hydrogen-bond acceptors (Lipinski definition) is 2. The van der Waals surface area contributed by atoms with Crippen molar-refractivity contribution in [3.8, 4) is 0 Å². The number of anilines is 1. The zero-order valence-corrected chi connectivity index (χ0v) is 7.46. The first-order valence-corrected chi connectivity index (χ1v) is 4.01. The van der Waals surface area contributed by atoms with Gasteiger partial charge in [-0.3, -0.25) is 0 Å². The highest BCUT2D eigenvalue weighted by atomic mass is 14.9. The van der Waals surface area contributed by atoms with E-state index in [2.05, 4.69) is 18.8 Å². The van der Waals surface area contributed by atoms with Crippen LogP contribution < -0.4 is 11.5 Å². The molecule has 0 aliphatic carbocycles. The van der Waals surface area contributed by atoms with Crippen molar-refractivity contribution in [1.29, 1.82) is 0 Å². The number of rotatable bonds is 2. The van der Waals surface area contributed by atoms with Gasteiger partial charge in [-0.1, -0.05) is 13.8 Å². The van der Waals surface area contributed by atoms with E-state index in [-0.39, 0.29) is 0 Å². The second kappa shape index (κ2) is 3.34. The fourth-order valence-electron chi connectivity index (χ4n) is 1.06. The van der Waals surface area contributed by atoms with Crippen LogP contribution in [0.5, 0.6) is 0 Å². The van der Waals surface area contributed by atoms with E-state index in [0.29, 0.717) is 11.7 Å². The van der Waals surface area contributed by atoms with E-state index in [1.54, 1.807) is 6.08 Å². The van der Waals surface area contributed by atoms with Crippen molar-refractivity contribution >= 4 is 11.9 Å². The van der Waals surface area contributed by atoms with Crippen molar-refractivity contribution in [2.45, 2.75) is 19.8 Å². The summed E-state index contributed by atoms with van der Waals surface area (Å²) in [5.74, 6) is 1.15. The lowest BCUT2D eigenvalue weighted by molar-refractivity contribution is 0.834. The molecule has 0 atom stereocenters. The van der Waals surface area contributed by atoms with Crippen LogP contribution in [0.1, 0.15) is 31.0 Å². The Labute approximate surface area is 72.5 Å². The van der Waals surface area contributed by atoms with Gasteiger partial charge in [0.15, 0.2) is 0 Å². The highest BCUT2D eigenvalue weighted by molar-refractivity contribution is 5.62. The second-order valence-electron chi connectivity index (χ2n) is 3.11. The number of nitrogen functional groups attached to an aromatic ring is 1. The minimum atomic E-state index is 0.465. The molecular weight excluding hydrogens is 150 g/mol. The Balaban J connectivity index is 3.00. The van der Waals surface area contributed by atoms with Gasteiger partial charge in [0.05, 0.1) is 0 Å². The van der Waals surface area contributed by atoms with Gasteiger partial charge in [-0.15, -0.1) is 0 Å². The normalized spacial score (nSPS) is 11.6. The SMILES string of the molecule is CC(C)c1cc(/C=C\N)c(N)[nH]1. The van der Waals surface area contributed by atoms with E-state index < -0.39 is 0 Å². The van der Waals surface area contributed by atoms with Crippen molar-refractivity contribution in [2.75, 3.05) is 5.73 Å². The molecule has 0 spiro atoms. The zero-order chi connectivity index (χ0) is 9.14. The number of nitrogens with two attached hydrogens (primary N) is 2. The Bertz CT molecular complexity index is 284. The standard InChI is InChI=1S/C9H15N3/c1-6(2)8-5-7(3-4-10)9(11)12-8/h3-6,12H,10-11H2,1-2H3/b4-3-. The Morgan fingerprint density at radius 2 is 2.17 bits per heavy atom. The molecule has 1 heterocycles. The van der Waals surface area contributed by atoms with Gasteiger partial charge in [0, 0.05) is 11.3 Å². The molecule has 0 saturated heterocycles. The molecule has 0 unspecified atom stereocenters. The van der Waals surface area contributed by atoms with E-state index in [1.165, 1.54) is 6.20 Å². The highest BCUT2D eigenvalue weighted by Crippen LogP contribution is 2.20. The molecule has 0 fully saturated rings. The van der Waals surface area contributed by atoms with Crippen molar-refractivity contribution in [3.63, 3.8) is 0 Å².